The maximum atomic E-state index is 13.2. The van der Waals surface area contributed by atoms with Gasteiger partial charge in [0.2, 0.25) is 5.60 Å². The van der Waals surface area contributed by atoms with E-state index in [-0.39, 0.29) is 18.1 Å². The summed E-state index contributed by atoms with van der Waals surface area (Å²) in [5.74, 6) is -0.677. The molecule has 0 unspecified atom stereocenters. The van der Waals surface area contributed by atoms with Gasteiger partial charge >= 0.3 is 0 Å². The molecule has 1 aliphatic rings. The number of hydrogen-bond acceptors (Lipinski definition) is 5. The normalized spacial score (nSPS) is 20.8. The van der Waals surface area contributed by atoms with Crippen LogP contribution in [-0.4, -0.2) is 22.2 Å². The molecule has 1 aromatic carbocycles. The number of hydrogen-bond donors (Lipinski definition) is 1. The second-order valence-electron chi connectivity index (χ2n) is 4.84. The van der Waals surface area contributed by atoms with E-state index in [1.807, 2.05) is 0 Å². The van der Waals surface area contributed by atoms with Crippen LogP contribution < -0.4 is 5.32 Å². The number of amides is 1. The lowest BCUT2D eigenvalue weighted by atomic mass is 9.95. The first-order valence-electron chi connectivity index (χ1n) is 6.29. The molecule has 5 nitrogen and oxygen atoms in total. The van der Waals surface area contributed by atoms with Crippen molar-refractivity contribution in [3.05, 3.63) is 47.2 Å². The molecule has 1 N–H and O–H groups in total. The monoisotopic (exact) mass is 305 g/mol. The second kappa shape index (κ2) is 5.25. The number of halogens is 1. The first-order chi connectivity index (χ1) is 10.1. The second-order valence-corrected chi connectivity index (χ2v) is 5.73. The summed E-state index contributed by atoms with van der Waals surface area (Å²) in [5.41, 5.74) is 0.0416. The molecule has 108 valence electrons. The van der Waals surface area contributed by atoms with E-state index >= 15 is 0 Å². The van der Waals surface area contributed by atoms with Crippen LogP contribution in [0, 0.1) is 5.82 Å². The quantitative estimate of drug-likeness (QED) is 0.948. The molecule has 0 bridgehead atoms. The van der Waals surface area contributed by atoms with Crippen molar-refractivity contribution in [1.82, 2.24) is 4.98 Å². The van der Waals surface area contributed by atoms with Gasteiger partial charge in [-0.15, -0.1) is 11.3 Å². The Morgan fingerprint density at radius 2 is 2.38 bits per heavy atom. The fourth-order valence-electron chi connectivity index (χ4n) is 2.00. The Balaban J connectivity index is 1.73. The highest BCUT2D eigenvalue weighted by Crippen LogP contribution is 2.28. The van der Waals surface area contributed by atoms with Crippen LogP contribution in [-0.2, 0) is 9.63 Å². The highest BCUT2D eigenvalue weighted by Gasteiger charge is 2.42. The van der Waals surface area contributed by atoms with E-state index in [0.29, 0.717) is 16.4 Å². The number of nitrogens with zero attached hydrogens (tertiary/aromatic N) is 2. The molecule has 7 heteroatoms. The number of rotatable bonds is 3. The summed E-state index contributed by atoms with van der Waals surface area (Å²) < 4.78 is 13.2. The van der Waals surface area contributed by atoms with E-state index in [2.05, 4.69) is 15.5 Å². The lowest BCUT2D eigenvalue weighted by Gasteiger charge is -2.19. The Kier molecular flexibility index (Phi) is 3.42. The van der Waals surface area contributed by atoms with Gasteiger partial charge in [-0.25, -0.2) is 9.37 Å². The minimum atomic E-state index is -1.12. The fraction of sp³-hybridized carbons (Fsp3) is 0.214. The van der Waals surface area contributed by atoms with Crippen molar-refractivity contribution in [2.45, 2.75) is 18.9 Å². The standard InChI is InChI=1S/C14H12FN3O2S/c1-14(12(19)17-13-16-5-6-21-13)8-11(18-20-14)9-3-2-4-10(15)7-9/h2-7H,8H2,1H3,(H,16,17,19)/t14-/m1/s1. The van der Waals surface area contributed by atoms with Gasteiger partial charge in [-0.1, -0.05) is 17.3 Å². The van der Waals surface area contributed by atoms with Gasteiger partial charge in [0.05, 0.1) is 5.71 Å². The molecule has 3 rings (SSSR count). The molecule has 2 heterocycles. The predicted octanol–water partition coefficient (Wildman–Crippen LogP) is 2.80. The minimum Gasteiger partial charge on any atom is -0.379 e. The van der Waals surface area contributed by atoms with Crippen molar-refractivity contribution in [3.8, 4) is 0 Å². The van der Waals surface area contributed by atoms with Gasteiger partial charge in [-0.3, -0.25) is 10.1 Å². The molecule has 0 aliphatic carbocycles. The van der Waals surface area contributed by atoms with E-state index in [1.165, 1.54) is 23.5 Å². The van der Waals surface area contributed by atoms with Crippen LogP contribution in [0.3, 0.4) is 0 Å². The zero-order valence-corrected chi connectivity index (χ0v) is 12.0. The van der Waals surface area contributed by atoms with Gasteiger partial charge < -0.3 is 4.84 Å². The van der Waals surface area contributed by atoms with Crippen LogP contribution in [0.1, 0.15) is 18.9 Å². The number of benzene rings is 1. The van der Waals surface area contributed by atoms with Crippen LogP contribution in [0.2, 0.25) is 0 Å². The molecule has 2 aromatic rings. The number of nitrogens with one attached hydrogen (secondary N) is 1. The number of carbonyl (C=O) groups excluding carboxylic acids is 1. The molecule has 0 saturated carbocycles. The highest BCUT2D eigenvalue weighted by molar-refractivity contribution is 7.13. The van der Waals surface area contributed by atoms with Crippen molar-refractivity contribution in [2.24, 2.45) is 5.16 Å². The molecule has 1 aliphatic heterocycles. The molecule has 0 spiro atoms. The lowest BCUT2D eigenvalue weighted by molar-refractivity contribution is -0.135. The Hall–Kier alpha value is -2.28. The summed E-state index contributed by atoms with van der Waals surface area (Å²) in [5, 5.41) is 8.88. The summed E-state index contributed by atoms with van der Waals surface area (Å²) in [4.78, 5) is 21.5. The minimum absolute atomic E-state index is 0.271. The largest absolute Gasteiger partial charge is 0.379 e. The van der Waals surface area contributed by atoms with E-state index in [0.717, 1.165) is 0 Å². The topological polar surface area (TPSA) is 63.6 Å². The predicted molar refractivity (Wildman–Crippen MR) is 77.8 cm³/mol. The van der Waals surface area contributed by atoms with Gasteiger partial charge in [0.25, 0.3) is 5.91 Å². The van der Waals surface area contributed by atoms with Crippen LogP contribution in [0.15, 0.2) is 41.0 Å². The Bertz CT molecular complexity index is 702. The number of thiazole rings is 1. The van der Waals surface area contributed by atoms with Gasteiger partial charge in [0.15, 0.2) is 5.13 Å². The molecule has 0 radical (unpaired) electrons. The zero-order valence-electron chi connectivity index (χ0n) is 11.2. The third-order valence-corrected chi connectivity index (χ3v) is 3.84. The summed E-state index contributed by atoms with van der Waals surface area (Å²) in [6.45, 7) is 1.64. The molecule has 0 saturated heterocycles. The van der Waals surface area contributed by atoms with Crippen molar-refractivity contribution >= 4 is 28.1 Å². The molecule has 1 aromatic heterocycles. The Morgan fingerprint density at radius 3 is 3.10 bits per heavy atom. The van der Waals surface area contributed by atoms with E-state index in [4.69, 9.17) is 4.84 Å². The van der Waals surface area contributed by atoms with E-state index in [1.54, 1.807) is 30.6 Å². The van der Waals surface area contributed by atoms with Crippen molar-refractivity contribution in [1.29, 1.82) is 0 Å². The fourth-order valence-corrected chi connectivity index (χ4v) is 2.52. The van der Waals surface area contributed by atoms with Gasteiger partial charge in [-0.05, 0) is 19.1 Å². The lowest BCUT2D eigenvalue weighted by Crippen LogP contribution is -2.40. The number of aromatic nitrogens is 1. The summed E-state index contributed by atoms with van der Waals surface area (Å²) in [7, 11) is 0. The van der Waals surface area contributed by atoms with Crippen LogP contribution >= 0.6 is 11.3 Å². The molecule has 1 amide bonds. The van der Waals surface area contributed by atoms with Gasteiger partial charge in [0, 0.05) is 23.6 Å². The summed E-state index contributed by atoms with van der Waals surface area (Å²) in [6.07, 6.45) is 1.88. The number of carbonyl (C=O) groups is 1. The smallest absolute Gasteiger partial charge is 0.273 e. The van der Waals surface area contributed by atoms with Crippen LogP contribution in [0.4, 0.5) is 9.52 Å². The van der Waals surface area contributed by atoms with Crippen molar-refractivity contribution < 1.29 is 14.0 Å². The summed E-state index contributed by atoms with van der Waals surface area (Å²) in [6, 6.07) is 6.05. The first-order valence-corrected chi connectivity index (χ1v) is 7.17. The number of anilines is 1. The zero-order chi connectivity index (χ0) is 14.9. The third-order valence-electron chi connectivity index (χ3n) is 3.15. The molecular formula is C14H12FN3O2S. The summed E-state index contributed by atoms with van der Waals surface area (Å²) >= 11 is 1.32. The highest BCUT2D eigenvalue weighted by atomic mass is 32.1. The van der Waals surface area contributed by atoms with Gasteiger partial charge in [-0.2, -0.15) is 0 Å². The Morgan fingerprint density at radius 1 is 1.52 bits per heavy atom. The van der Waals surface area contributed by atoms with Crippen molar-refractivity contribution in [2.75, 3.05) is 5.32 Å². The van der Waals surface area contributed by atoms with Gasteiger partial charge in [0.1, 0.15) is 5.82 Å². The molecule has 0 fully saturated rings. The average molecular weight is 305 g/mol. The maximum Gasteiger partial charge on any atom is 0.273 e. The van der Waals surface area contributed by atoms with Crippen LogP contribution in [0.25, 0.3) is 0 Å². The first kappa shape index (κ1) is 13.7. The Labute approximate surface area is 124 Å². The van der Waals surface area contributed by atoms with E-state index < -0.39 is 5.60 Å². The number of oxime groups is 1. The maximum absolute atomic E-state index is 13.2. The van der Waals surface area contributed by atoms with Crippen LogP contribution in [0.5, 0.6) is 0 Å². The SMILES string of the molecule is C[C@]1(C(=O)Nc2nccs2)CC(c2cccc(F)c2)=NO1. The third kappa shape index (κ3) is 2.78. The molecule has 1 atom stereocenters. The van der Waals surface area contributed by atoms with Crippen molar-refractivity contribution in [3.63, 3.8) is 0 Å². The van der Waals surface area contributed by atoms with E-state index in [9.17, 15) is 9.18 Å². The average Bonchev–Trinajstić information content (AvgIpc) is 3.09. The molecule has 21 heavy (non-hydrogen) atoms. The molecular weight excluding hydrogens is 293 g/mol.